The molecule has 154 valence electrons. The molecule has 0 saturated carbocycles. The number of nitrogens with zero attached hydrogens (tertiary/aromatic N) is 4. The van der Waals surface area contributed by atoms with Crippen LogP contribution in [-0.2, 0) is 0 Å². The quantitative estimate of drug-likeness (QED) is 0.728. The summed E-state index contributed by atoms with van der Waals surface area (Å²) < 4.78 is 20.3. The van der Waals surface area contributed by atoms with Crippen LogP contribution in [-0.4, -0.2) is 30.7 Å². The minimum Gasteiger partial charge on any atom is -0.493 e. The van der Waals surface area contributed by atoms with Gasteiger partial charge in [-0.05, 0) is 50.1 Å². The molecule has 7 heteroatoms. The Morgan fingerprint density at radius 3 is 3.03 bits per heavy atom. The van der Waals surface area contributed by atoms with Gasteiger partial charge >= 0.3 is 0 Å². The lowest BCUT2D eigenvalue weighted by Gasteiger charge is -2.28. The Labute approximate surface area is 174 Å². The number of hydrogen-bond acceptors (Lipinski definition) is 6. The highest BCUT2D eigenvalue weighted by atomic mass is 19.1. The third kappa shape index (κ3) is 3.26. The van der Waals surface area contributed by atoms with Crippen LogP contribution in [0.15, 0.2) is 35.3 Å². The van der Waals surface area contributed by atoms with Crippen LogP contribution in [0, 0.1) is 23.1 Å². The minimum absolute atomic E-state index is 0.00290. The normalized spacial score (nSPS) is 25.2. The molecule has 30 heavy (non-hydrogen) atoms. The molecule has 1 fully saturated rings. The van der Waals surface area contributed by atoms with Crippen LogP contribution in [0.4, 0.5) is 10.2 Å². The molecule has 0 amide bonds. The third-order valence-electron chi connectivity index (χ3n) is 6.15. The summed E-state index contributed by atoms with van der Waals surface area (Å²) in [5.74, 6) is 0.962. The molecular weight excluding hydrogens is 381 g/mol. The van der Waals surface area contributed by atoms with Crippen molar-refractivity contribution in [3.63, 3.8) is 0 Å². The maximum absolute atomic E-state index is 14.1. The lowest BCUT2D eigenvalue weighted by molar-refractivity contribution is 0.290. The molecule has 2 aromatic rings. The predicted molar refractivity (Wildman–Crippen MR) is 111 cm³/mol. The van der Waals surface area contributed by atoms with Crippen molar-refractivity contribution >= 4 is 11.5 Å². The first-order valence-electron chi connectivity index (χ1n) is 10.5. The predicted octanol–water partition coefficient (Wildman–Crippen LogP) is 2.20. The molecule has 0 radical (unpaired) electrons. The highest BCUT2D eigenvalue weighted by Crippen LogP contribution is 2.39. The van der Waals surface area contributed by atoms with Gasteiger partial charge in [-0.2, -0.15) is 5.26 Å². The molecule has 1 aromatic heterocycles. The second-order valence-corrected chi connectivity index (χ2v) is 8.19. The fourth-order valence-corrected chi connectivity index (χ4v) is 4.61. The molecule has 2 bridgehead atoms. The SMILES string of the molecule is C[C@H]1CCOc2ccc(F)cc2[C@H]2CCCN2c2ccc3c(n2)=C(N1)C(C#N)CN=3. The van der Waals surface area contributed by atoms with Crippen LogP contribution in [0.1, 0.15) is 37.8 Å². The number of nitrogens with one attached hydrogen (secondary N) is 1. The van der Waals surface area contributed by atoms with E-state index in [-0.39, 0.29) is 23.8 Å². The molecule has 5 rings (SSSR count). The van der Waals surface area contributed by atoms with E-state index in [1.807, 2.05) is 12.1 Å². The van der Waals surface area contributed by atoms with E-state index in [1.165, 1.54) is 6.07 Å². The molecule has 0 spiro atoms. The fourth-order valence-electron chi connectivity index (χ4n) is 4.61. The number of hydrogen-bond donors (Lipinski definition) is 1. The Morgan fingerprint density at radius 2 is 2.17 bits per heavy atom. The Kier molecular flexibility index (Phi) is 4.78. The van der Waals surface area contributed by atoms with E-state index in [9.17, 15) is 9.65 Å². The molecule has 1 aromatic carbocycles. The molecular formula is C23H24FN5O. The summed E-state index contributed by atoms with van der Waals surface area (Å²) in [5, 5.41) is 14.8. The van der Waals surface area contributed by atoms with Crippen molar-refractivity contribution in [2.24, 2.45) is 10.9 Å². The Balaban J connectivity index is 1.70. The monoisotopic (exact) mass is 405 g/mol. The lowest BCUT2D eigenvalue weighted by atomic mass is 10.0. The van der Waals surface area contributed by atoms with Crippen molar-refractivity contribution in [2.75, 3.05) is 24.6 Å². The standard InChI is InChI=1S/C23H24FN5O/c1-14-8-10-30-20-6-4-16(24)11-17(20)19-3-2-9-29(19)21-7-5-18-23(28-21)22(27-14)15(12-25)13-26-18/h4-7,11,14-15,19,27H,2-3,8-10,13H2,1H3/t14-,15?,19+/m0/s1. The van der Waals surface area contributed by atoms with E-state index < -0.39 is 0 Å². The van der Waals surface area contributed by atoms with Gasteiger partial charge in [0.2, 0.25) is 0 Å². The summed E-state index contributed by atoms with van der Waals surface area (Å²) in [7, 11) is 0. The molecule has 1 N–H and O–H groups in total. The minimum atomic E-state index is -0.339. The van der Waals surface area contributed by atoms with E-state index in [1.54, 1.807) is 12.1 Å². The van der Waals surface area contributed by atoms with Gasteiger partial charge in [0.05, 0.1) is 36.3 Å². The van der Waals surface area contributed by atoms with Crippen LogP contribution >= 0.6 is 0 Å². The zero-order valence-corrected chi connectivity index (χ0v) is 16.9. The van der Waals surface area contributed by atoms with Crippen molar-refractivity contribution in [3.8, 4) is 11.8 Å². The topological polar surface area (TPSA) is 73.5 Å². The number of nitriles is 1. The largest absolute Gasteiger partial charge is 0.493 e. The van der Waals surface area contributed by atoms with Gasteiger partial charge in [0.15, 0.2) is 0 Å². The maximum atomic E-state index is 14.1. The van der Waals surface area contributed by atoms with Crippen molar-refractivity contribution in [2.45, 2.75) is 38.3 Å². The Hall–Kier alpha value is -3.14. The molecule has 0 aliphatic carbocycles. The zero-order valence-electron chi connectivity index (χ0n) is 16.9. The first kappa shape index (κ1) is 18.9. The average Bonchev–Trinajstić information content (AvgIpc) is 3.24. The van der Waals surface area contributed by atoms with Gasteiger partial charge < -0.3 is 15.0 Å². The van der Waals surface area contributed by atoms with Gasteiger partial charge in [-0.15, -0.1) is 0 Å². The van der Waals surface area contributed by atoms with Crippen LogP contribution in [0.25, 0.3) is 5.70 Å². The van der Waals surface area contributed by atoms with Crippen molar-refractivity contribution in [1.29, 1.82) is 5.26 Å². The lowest BCUT2D eigenvalue weighted by Crippen LogP contribution is -2.45. The molecule has 3 aliphatic heterocycles. The van der Waals surface area contributed by atoms with Crippen LogP contribution < -0.4 is 25.7 Å². The molecule has 4 heterocycles. The zero-order chi connectivity index (χ0) is 20.7. The summed E-state index contributed by atoms with van der Waals surface area (Å²) in [4.78, 5) is 11.8. The van der Waals surface area contributed by atoms with E-state index >= 15 is 0 Å². The van der Waals surface area contributed by atoms with Gasteiger partial charge in [-0.1, -0.05) is 0 Å². The number of ether oxygens (including phenoxy) is 1. The van der Waals surface area contributed by atoms with Crippen LogP contribution in [0.5, 0.6) is 5.75 Å². The van der Waals surface area contributed by atoms with E-state index in [0.29, 0.717) is 13.2 Å². The second kappa shape index (κ2) is 7.60. The van der Waals surface area contributed by atoms with E-state index in [2.05, 4.69) is 28.2 Å². The summed E-state index contributed by atoms with van der Waals surface area (Å²) in [5.41, 5.74) is 1.71. The summed E-state index contributed by atoms with van der Waals surface area (Å²) in [6.07, 6.45) is 2.66. The van der Waals surface area contributed by atoms with Crippen molar-refractivity contribution in [1.82, 2.24) is 10.3 Å². The second-order valence-electron chi connectivity index (χ2n) is 8.19. The number of aromatic nitrogens is 1. The molecule has 3 aliphatic rings. The maximum Gasteiger partial charge on any atom is 0.129 e. The average molecular weight is 405 g/mol. The highest BCUT2D eigenvalue weighted by molar-refractivity contribution is 5.53. The number of benzene rings is 1. The smallest absolute Gasteiger partial charge is 0.129 e. The van der Waals surface area contributed by atoms with Crippen molar-refractivity contribution in [3.05, 3.63) is 52.4 Å². The summed E-state index contributed by atoms with van der Waals surface area (Å²) >= 11 is 0. The van der Waals surface area contributed by atoms with E-state index in [4.69, 9.17) is 9.72 Å². The molecule has 6 nitrogen and oxygen atoms in total. The van der Waals surface area contributed by atoms with Gasteiger partial charge in [-0.25, -0.2) is 9.37 Å². The van der Waals surface area contributed by atoms with Gasteiger partial charge in [-0.3, -0.25) is 4.99 Å². The number of rotatable bonds is 0. The first-order valence-corrected chi connectivity index (χ1v) is 10.5. The Morgan fingerprint density at radius 1 is 1.27 bits per heavy atom. The number of fused-ring (bicyclic) bond motifs is 5. The van der Waals surface area contributed by atoms with Gasteiger partial charge in [0.1, 0.15) is 28.7 Å². The van der Waals surface area contributed by atoms with Gasteiger partial charge in [0.25, 0.3) is 0 Å². The van der Waals surface area contributed by atoms with Gasteiger partial charge in [0, 0.05) is 24.6 Å². The van der Waals surface area contributed by atoms with Crippen molar-refractivity contribution < 1.29 is 9.13 Å². The number of halogens is 1. The molecule has 3 atom stereocenters. The Bertz CT molecular complexity index is 1140. The van der Waals surface area contributed by atoms with E-state index in [0.717, 1.165) is 59.3 Å². The summed E-state index contributed by atoms with van der Waals surface area (Å²) in [6, 6.07) is 11.2. The molecule has 1 saturated heterocycles. The number of anilines is 1. The van der Waals surface area contributed by atoms with Crippen LogP contribution in [0.3, 0.4) is 0 Å². The van der Waals surface area contributed by atoms with Crippen LogP contribution in [0.2, 0.25) is 0 Å². The fraction of sp³-hybridized carbons (Fsp3) is 0.435. The third-order valence-corrected chi connectivity index (χ3v) is 6.15. The molecule has 1 unspecified atom stereocenters. The highest BCUT2D eigenvalue weighted by Gasteiger charge is 2.31. The number of pyridine rings is 1. The summed E-state index contributed by atoms with van der Waals surface area (Å²) in [6.45, 7) is 3.85. The first-order chi connectivity index (χ1) is 14.6.